The van der Waals surface area contributed by atoms with E-state index in [0.29, 0.717) is 5.88 Å². The topological polar surface area (TPSA) is 25.0 Å². The number of benzene rings is 1. The maximum Gasteiger partial charge on any atom is 0.216 e. The number of fused-ring (bicyclic) bond motifs is 1. The van der Waals surface area contributed by atoms with Gasteiger partial charge in [0, 0.05) is 17.0 Å². The van der Waals surface area contributed by atoms with Crippen LogP contribution in [0.2, 0.25) is 0 Å². The van der Waals surface area contributed by atoms with Gasteiger partial charge in [-0.15, -0.1) is 0 Å². The van der Waals surface area contributed by atoms with Gasteiger partial charge in [-0.1, -0.05) is 18.2 Å². The summed E-state index contributed by atoms with van der Waals surface area (Å²) in [5.74, 6) is 0.577. The van der Waals surface area contributed by atoms with Crippen molar-refractivity contribution in [2.24, 2.45) is 0 Å². The van der Waals surface area contributed by atoms with Gasteiger partial charge in [-0.2, -0.15) is 0 Å². The maximum absolute atomic E-state index is 5.17. The Labute approximate surface area is 68.9 Å². The number of rotatable bonds is 1. The molecule has 0 spiro atoms. The number of H-pyrrole nitrogens is 1. The summed E-state index contributed by atoms with van der Waals surface area (Å²) in [6.45, 7) is 0. The molecule has 0 fully saturated rings. The predicted octanol–water partition coefficient (Wildman–Crippen LogP) is 2.70. The quantitative estimate of drug-likeness (QED) is 0.694. The summed E-state index contributed by atoms with van der Waals surface area (Å²) in [6.07, 6.45) is 0. The second-order valence-electron chi connectivity index (χ2n) is 2.30. The standard InChI is InChI=1S/C8H6ClNO/c9-11-8-5-6-3-1-2-4-7(6)10-8/h1-5,10H. The first-order valence-corrected chi connectivity index (χ1v) is 3.57. The monoisotopic (exact) mass is 167 g/mol. The lowest BCUT2D eigenvalue weighted by atomic mass is 10.3. The largest absolute Gasteiger partial charge is 0.367 e. The van der Waals surface area contributed by atoms with Crippen molar-refractivity contribution in [1.29, 1.82) is 0 Å². The molecule has 1 aromatic carbocycles. The first-order chi connectivity index (χ1) is 5.40. The predicted molar refractivity (Wildman–Crippen MR) is 44.8 cm³/mol. The molecule has 56 valence electrons. The Morgan fingerprint density at radius 1 is 1.27 bits per heavy atom. The zero-order chi connectivity index (χ0) is 7.68. The molecule has 3 heteroatoms. The van der Waals surface area contributed by atoms with E-state index in [1.165, 1.54) is 0 Å². The number of hydrogen-bond donors (Lipinski definition) is 1. The zero-order valence-corrected chi connectivity index (χ0v) is 6.43. The lowest BCUT2D eigenvalue weighted by molar-refractivity contribution is 0.598. The molecule has 1 aromatic heterocycles. The summed E-state index contributed by atoms with van der Waals surface area (Å²) in [5.41, 5.74) is 1.03. The van der Waals surface area contributed by atoms with Crippen molar-refractivity contribution in [2.45, 2.75) is 0 Å². The smallest absolute Gasteiger partial charge is 0.216 e. The van der Waals surface area contributed by atoms with Crippen molar-refractivity contribution >= 4 is 22.8 Å². The molecule has 0 aliphatic carbocycles. The van der Waals surface area contributed by atoms with Gasteiger partial charge in [-0.3, -0.25) is 0 Å². The van der Waals surface area contributed by atoms with Crippen molar-refractivity contribution in [3.05, 3.63) is 30.3 Å². The summed E-state index contributed by atoms with van der Waals surface area (Å²) in [6, 6.07) is 9.73. The van der Waals surface area contributed by atoms with E-state index in [-0.39, 0.29) is 0 Å². The third kappa shape index (κ3) is 1.05. The number of aromatic nitrogens is 1. The summed E-state index contributed by atoms with van der Waals surface area (Å²) in [5, 5.41) is 1.10. The minimum atomic E-state index is 0.577. The molecular formula is C8H6ClNO. The molecule has 2 nitrogen and oxygen atoms in total. The Balaban J connectivity index is 2.69. The van der Waals surface area contributed by atoms with Crippen LogP contribution < -0.4 is 4.29 Å². The number of hydrogen-bond acceptors (Lipinski definition) is 1. The summed E-state index contributed by atoms with van der Waals surface area (Å²) >= 11 is 5.17. The first kappa shape index (κ1) is 6.55. The highest BCUT2D eigenvalue weighted by Crippen LogP contribution is 2.20. The van der Waals surface area contributed by atoms with Gasteiger partial charge in [0.15, 0.2) is 0 Å². The molecule has 1 heterocycles. The number of para-hydroxylation sites is 1. The number of nitrogens with one attached hydrogen (secondary N) is 1. The Hall–Kier alpha value is -1.15. The Morgan fingerprint density at radius 2 is 2.09 bits per heavy atom. The maximum atomic E-state index is 5.17. The van der Waals surface area contributed by atoms with Crippen molar-refractivity contribution in [3.63, 3.8) is 0 Å². The molecule has 2 aromatic rings. The van der Waals surface area contributed by atoms with E-state index < -0.39 is 0 Å². The van der Waals surface area contributed by atoms with Gasteiger partial charge in [0.25, 0.3) is 0 Å². The van der Waals surface area contributed by atoms with E-state index in [1.807, 2.05) is 30.3 Å². The van der Waals surface area contributed by atoms with Gasteiger partial charge in [0.05, 0.1) is 0 Å². The molecule has 0 saturated heterocycles. The lowest BCUT2D eigenvalue weighted by Gasteiger charge is -1.84. The molecule has 0 saturated carbocycles. The van der Waals surface area contributed by atoms with Crippen LogP contribution in [0.1, 0.15) is 0 Å². The summed E-state index contributed by atoms with van der Waals surface area (Å²) < 4.78 is 4.52. The molecule has 1 N–H and O–H groups in total. The highest BCUT2D eigenvalue weighted by atomic mass is 35.5. The van der Waals surface area contributed by atoms with Gasteiger partial charge in [0.2, 0.25) is 5.88 Å². The first-order valence-electron chi connectivity index (χ1n) is 3.26. The fraction of sp³-hybridized carbons (Fsp3) is 0. The molecule has 0 unspecified atom stereocenters. The second kappa shape index (κ2) is 2.47. The van der Waals surface area contributed by atoms with Crippen molar-refractivity contribution < 1.29 is 4.29 Å². The van der Waals surface area contributed by atoms with Gasteiger partial charge in [-0.05, 0) is 6.07 Å². The van der Waals surface area contributed by atoms with Gasteiger partial charge in [0.1, 0.15) is 11.9 Å². The fourth-order valence-electron chi connectivity index (χ4n) is 1.09. The average Bonchev–Trinajstić information content (AvgIpc) is 2.46. The van der Waals surface area contributed by atoms with Crippen molar-refractivity contribution in [1.82, 2.24) is 4.98 Å². The summed E-state index contributed by atoms with van der Waals surface area (Å²) in [4.78, 5) is 2.99. The normalized spacial score (nSPS) is 10.3. The van der Waals surface area contributed by atoms with E-state index in [1.54, 1.807) is 0 Å². The van der Waals surface area contributed by atoms with E-state index in [4.69, 9.17) is 11.9 Å². The average molecular weight is 168 g/mol. The third-order valence-corrected chi connectivity index (χ3v) is 1.75. The van der Waals surface area contributed by atoms with Crippen LogP contribution in [0.5, 0.6) is 5.88 Å². The Morgan fingerprint density at radius 3 is 2.82 bits per heavy atom. The highest BCUT2D eigenvalue weighted by Gasteiger charge is 1.97. The van der Waals surface area contributed by atoms with Crippen LogP contribution in [-0.4, -0.2) is 4.98 Å². The molecule has 0 amide bonds. The summed E-state index contributed by atoms with van der Waals surface area (Å²) in [7, 11) is 0. The Kier molecular flexibility index (Phi) is 1.47. The Bertz CT molecular complexity index is 336. The SMILES string of the molecule is ClOc1cc2ccccc2[nH]1. The van der Waals surface area contributed by atoms with Crippen LogP contribution in [0.25, 0.3) is 10.9 Å². The van der Waals surface area contributed by atoms with Crippen molar-refractivity contribution in [2.75, 3.05) is 0 Å². The molecular weight excluding hydrogens is 162 g/mol. The van der Waals surface area contributed by atoms with E-state index in [0.717, 1.165) is 10.9 Å². The van der Waals surface area contributed by atoms with Gasteiger partial charge < -0.3 is 9.27 Å². The minimum absolute atomic E-state index is 0.577. The molecule has 0 atom stereocenters. The molecule has 0 aliphatic rings. The molecule has 11 heavy (non-hydrogen) atoms. The molecule has 0 bridgehead atoms. The zero-order valence-electron chi connectivity index (χ0n) is 5.67. The number of halogens is 1. The second-order valence-corrected chi connectivity index (χ2v) is 2.45. The molecule has 0 aliphatic heterocycles. The van der Waals surface area contributed by atoms with Crippen LogP contribution in [0.4, 0.5) is 0 Å². The van der Waals surface area contributed by atoms with Crippen LogP contribution in [0.3, 0.4) is 0 Å². The minimum Gasteiger partial charge on any atom is -0.367 e. The van der Waals surface area contributed by atoms with Gasteiger partial charge >= 0.3 is 0 Å². The van der Waals surface area contributed by atoms with E-state index in [9.17, 15) is 0 Å². The third-order valence-electron chi connectivity index (χ3n) is 1.59. The van der Waals surface area contributed by atoms with Gasteiger partial charge in [-0.25, -0.2) is 0 Å². The fourth-order valence-corrected chi connectivity index (χ4v) is 1.17. The molecule has 0 radical (unpaired) electrons. The van der Waals surface area contributed by atoms with Crippen LogP contribution in [-0.2, 0) is 0 Å². The van der Waals surface area contributed by atoms with E-state index >= 15 is 0 Å². The molecule has 2 rings (SSSR count). The highest BCUT2D eigenvalue weighted by molar-refractivity contribution is 6.09. The van der Waals surface area contributed by atoms with Crippen LogP contribution in [0.15, 0.2) is 30.3 Å². The number of aromatic amines is 1. The van der Waals surface area contributed by atoms with E-state index in [2.05, 4.69) is 9.27 Å². The van der Waals surface area contributed by atoms with Crippen molar-refractivity contribution in [3.8, 4) is 5.88 Å². The van der Waals surface area contributed by atoms with Crippen LogP contribution in [0, 0.1) is 0 Å². The lowest BCUT2D eigenvalue weighted by Crippen LogP contribution is -1.70. The van der Waals surface area contributed by atoms with Crippen LogP contribution >= 0.6 is 11.9 Å².